The van der Waals surface area contributed by atoms with Crippen LogP contribution < -0.4 is 22.5 Å². The van der Waals surface area contributed by atoms with Crippen molar-refractivity contribution in [2.75, 3.05) is 7.11 Å². The summed E-state index contributed by atoms with van der Waals surface area (Å²) in [6.45, 7) is 2.97. The van der Waals surface area contributed by atoms with Gasteiger partial charge in [0.15, 0.2) is 0 Å². The highest BCUT2D eigenvalue weighted by atomic mass is 35.5. The molecule has 0 radical (unpaired) electrons. The summed E-state index contributed by atoms with van der Waals surface area (Å²) in [5, 5.41) is 6.09. The second-order valence-corrected chi connectivity index (χ2v) is 5.48. The molecule has 1 N–H and O–H groups in total. The van der Waals surface area contributed by atoms with Gasteiger partial charge in [0.05, 0.1) is 7.11 Å². The summed E-state index contributed by atoms with van der Waals surface area (Å²) in [5.41, 5.74) is 2.50. The molecule has 0 aromatic heterocycles. The largest absolute Gasteiger partial charge is 1.00 e. The SMILES string of the molecule is COc1ccc2ccccc2c1CNC(C)c1ccccc1.[Cl-]. The Morgan fingerprint density at radius 2 is 1.61 bits per heavy atom. The molecule has 3 aromatic rings. The molecule has 3 rings (SSSR count). The van der Waals surface area contributed by atoms with Crippen molar-refractivity contribution in [3.63, 3.8) is 0 Å². The first-order chi connectivity index (χ1) is 10.8. The van der Waals surface area contributed by atoms with Gasteiger partial charge in [0, 0.05) is 18.2 Å². The third-order valence-electron chi connectivity index (χ3n) is 4.10. The first-order valence-corrected chi connectivity index (χ1v) is 7.62. The number of fused-ring (bicyclic) bond motifs is 1. The molecular formula is C20H21ClNO-. The lowest BCUT2D eigenvalue weighted by Gasteiger charge is -2.17. The van der Waals surface area contributed by atoms with Crippen molar-refractivity contribution in [3.05, 3.63) is 77.9 Å². The van der Waals surface area contributed by atoms with E-state index >= 15 is 0 Å². The zero-order chi connectivity index (χ0) is 15.4. The number of benzene rings is 3. The molecule has 0 bridgehead atoms. The molecule has 0 aliphatic rings. The zero-order valence-corrected chi connectivity index (χ0v) is 14.2. The van der Waals surface area contributed by atoms with E-state index in [-0.39, 0.29) is 12.4 Å². The molecule has 3 heteroatoms. The molecule has 0 amide bonds. The lowest BCUT2D eigenvalue weighted by molar-refractivity contribution is -0.00000475. The summed E-state index contributed by atoms with van der Waals surface area (Å²) < 4.78 is 5.55. The standard InChI is InChI=1S/C20H21NO.ClH/c1-15(16-8-4-3-5-9-16)21-14-19-18-11-7-6-10-17(18)12-13-20(19)22-2;/h3-13,15,21H,14H2,1-2H3;1H/p-1. The van der Waals surface area contributed by atoms with Gasteiger partial charge in [0.2, 0.25) is 0 Å². The summed E-state index contributed by atoms with van der Waals surface area (Å²) in [5.74, 6) is 0.937. The molecule has 0 saturated carbocycles. The molecule has 2 nitrogen and oxygen atoms in total. The van der Waals surface area contributed by atoms with Gasteiger partial charge in [0.25, 0.3) is 0 Å². The summed E-state index contributed by atoms with van der Waals surface area (Å²) in [7, 11) is 1.73. The maximum atomic E-state index is 5.55. The van der Waals surface area contributed by atoms with Gasteiger partial charge in [-0.2, -0.15) is 0 Å². The number of ether oxygens (including phenoxy) is 1. The second-order valence-electron chi connectivity index (χ2n) is 5.48. The minimum absolute atomic E-state index is 0. The molecule has 0 spiro atoms. The zero-order valence-electron chi connectivity index (χ0n) is 13.4. The van der Waals surface area contributed by atoms with E-state index in [4.69, 9.17) is 4.74 Å². The third-order valence-corrected chi connectivity index (χ3v) is 4.10. The van der Waals surface area contributed by atoms with E-state index in [2.05, 4.69) is 66.8 Å². The van der Waals surface area contributed by atoms with E-state index in [1.165, 1.54) is 21.9 Å². The lowest BCUT2D eigenvalue weighted by atomic mass is 10.0. The van der Waals surface area contributed by atoms with Crippen molar-refractivity contribution < 1.29 is 17.1 Å². The molecule has 23 heavy (non-hydrogen) atoms. The summed E-state index contributed by atoms with van der Waals surface area (Å²) in [4.78, 5) is 0. The van der Waals surface area contributed by atoms with E-state index in [0.717, 1.165) is 12.3 Å². The maximum Gasteiger partial charge on any atom is 0.123 e. The number of hydrogen-bond donors (Lipinski definition) is 1. The van der Waals surface area contributed by atoms with E-state index in [0.29, 0.717) is 6.04 Å². The van der Waals surface area contributed by atoms with Gasteiger partial charge < -0.3 is 22.5 Å². The Morgan fingerprint density at radius 1 is 0.913 bits per heavy atom. The van der Waals surface area contributed by atoms with Crippen LogP contribution in [0.5, 0.6) is 5.75 Å². The first-order valence-electron chi connectivity index (χ1n) is 7.62. The number of rotatable bonds is 5. The predicted molar refractivity (Wildman–Crippen MR) is 92.2 cm³/mol. The molecule has 0 saturated heterocycles. The van der Waals surface area contributed by atoms with Crippen molar-refractivity contribution in [3.8, 4) is 5.75 Å². The average Bonchev–Trinajstić information content (AvgIpc) is 2.60. The smallest absolute Gasteiger partial charge is 0.123 e. The van der Waals surface area contributed by atoms with Crippen LogP contribution in [-0.2, 0) is 6.54 Å². The number of nitrogens with one attached hydrogen (secondary N) is 1. The van der Waals surface area contributed by atoms with Gasteiger partial charge in [-0.1, -0.05) is 60.7 Å². The Labute approximate surface area is 143 Å². The first kappa shape index (κ1) is 17.3. The lowest BCUT2D eigenvalue weighted by Crippen LogP contribution is -3.00. The Balaban J connectivity index is 0.00000192. The van der Waals surface area contributed by atoms with E-state index in [1.807, 2.05) is 12.1 Å². The fourth-order valence-electron chi connectivity index (χ4n) is 2.80. The summed E-state index contributed by atoms with van der Waals surface area (Å²) in [6, 6.07) is 23.4. The normalized spacial score (nSPS) is 11.7. The van der Waals surface area contributed by atoms with Gasteiger partial charge >= 0.3 is 0 Å². The monoisotopic (exact) mass is 326 g/mol. The minimum Gasteiger partial charge on any atom is -1.00 e. The average molecular weight is 327 g/mol. The Hall–Kier alpha value is -2.03. The highest BCUT2D eigenvalue weighted by molar-refractivity contribution is 5.87. The maximum absolute atomic E-state index is 5.55. The molecule has 0 heterocycles. The fourth-order valence-corrected chi connectivity index (χ4v) is 2.80. The summed E-state index contributed by atoms with van der Waals surface area (Å²) >= 11 is 0. The third kappa shape index (κ3) is 3.84. The fraction of sp³-hybridized carbons (Fsp3) is 0.200. The van der Waals surface area contributed by atoms with E-state index in [9.17, 15) is 0 Å². The predicted octanol–water partition coefficient (Wildman–Crippen LogP) is 1.70. The number of hydrogen-bond acceptors (Lipinski definition) is 2. The van der Waals surface area contributed by atoms with Crippen molar-refractivity contribution in [2.45, 2.75) is 19.5 Å². The van der Waals surface area contributed by atoms with E-state index < -0.39 is 0 Å². The van der Waals surface area contributed by atoms with Crippen LogP contribution in [0, 0.1) is 0 Å². The topological polar surface area (TPSA) is 21.3 Å². The Morgan fingerprint density at radius 3 is 2.35 bits per heavy atom. The van der Waals surface area contributed by atoms with Crippen LogP contribution in [0.1, 0.15) is 24.1 Å². The van der Waals surface area contributed by atoms with Crippen LogP contribution in [0.2, 0.25) is 0 Å². The van der Waals surface area contributed by atoms with Crippen molar-refractivity contribution in [2.24, 2.45) is 0 Å². The van der Waals surface area contributed by atoms with Crippen LogP contribution in [0.4, 0.5) is 0 Å². The Bertz CT molecular complexity index is 758. The van der Waals surface area contributed by atoms with Crippen LogP contribution >= 0.6 is 0 Å². The summed E-state index contributed by atoms with van der Waals surface area (Å²) in [6.07, 6.45) is 0. The molecule has 120 valence electrons. The van der Waals surface area contributed by atoms with Gasteiger partial charge in [-0.15, -0.1) is 0 Å². The van der Waals surface area contributed by atoms with Crippen molar-refractivity contribution >= 4 is 10.8 Å². The Kier molecular flexibility index (Phi) is 6.03. The van der Waals surface area contributed by atoms with E-state index in [1.54, 1.807) is 7.11 Å². The van der Waals surface area contributed by atoms with Crippen molar-refractivity contribution in [1.82, 2.24) is 5.32 Å². The second kappa shape index (κ2) is 8.00. The molecule has 0 aliphatic heterocycles. The number of halogens is 1. The molecule has 1 atom stereocenters. The molecular weight excluding hydrogens is 306 g/mol. The van der Waals surface area contributed by atoms with Crippen LogP contribution in [-0.4, -0.2) is 7.11 Å². The molecule has 3 aromatic carbocycles. The molecule has 1 unspecified atom stereocenters. The van der Waals surface area contributed by atoms with Crippen LogP contribution in [0.25, 0.3) is 10.8 Å². The van der Waals surface area contributed by atoms with Gasteiger partial charge in [-0.3, -0.25) is 0 Å². The quantitative estimate of drug-likeness (QED) is 0.770. The molecule has 0 aliphatic carbocycles. The highest BCUT2D eigenvalue weighted by Crippen LogP contribution is 2.28. The van der Waals surface area contributed by atoms with Gasteiger partial charge in [-0.25, -0.2) is 0 Å². The van der Waals surface area contributed by atoms with Gasteiger partial charge in [0.1, 0.15) is 5.75 Å². The van der Waals surface area contributed by atoms with Crippen LogP contribution in [0.15, 0.2) is 66.7 Å². The van der Waals surface area contributed by atoms with Crippen LogP contribution in [0.3, 0.4) is 0 Å². The van der Waals surface area contributed by atoms with Gasteiger partial charge in [-0.05, 0) is 29.3 Å². The molecule has 0 fully saturated rings. The number of methoxy groups -OCH3 is 1. The highest BCUT2D eigenvalue weighted by Gasteiger charge is 2.10. The van der Waals surface area contributed by atoms with Crippen molar-refractivity contribution in [1.29, 1.82) is 0 Å². The minimum atomic E-state index is 0.